The van der Waals surface area contributed by atoms with Gasteiger partial charge in [-0.15, -0.1) is 0 Å². The Labute approximate surface area is 165 Å². The van der Waals surface area contributed by atoms with Crippen LogP contribution in [0.25, 0.3) is 11.1 Å². The van der Waals surface area contributed by atoms with Gasteiger partial charge in [-0.05, 0) is 61.6 Å². The molecule has 0 saturated carbocycles. The molecule has 2 bridgehead atoms. The van der Waals surface area contributed by atoms with Crippen LogP contribution >= 0.6 is 0 Å². The molecule has 3 aromatic rings. The first-order chi connectivity index (χ1) is 13.8. The quantitative estimate of drug-likeness (QED) is 0.667. The van der Waals surface area contributed by atoms with Crippen LogP contribution in [0.1, 0.15) is 25.7 Å². The second kappa shape index (κ2) is 6.35. The lowest BCUT2D eigenvalue weighted by Crippen LogP contribution is -2.47. The van der Waals surface area contributed by atoms with E-state index in [1.165, 1.54) is 37.1 Å². The van der Waals surface area contributed by atoms with Crippen LogP contribution < -0.4 is 15.0 Å². The molecule has 3 atom stereocenters. The zero-order valence-corrected chi connectivity index (χ0v) is 15.7. The minimum absolute atomic E-state index is 0.506. The van der Waals surface area contributed by atoms with Gasteiger partial charge in [0.05, 0.1) is 11.4 Å². The largest absolute Gasteiger partial charge is 0.453 e. The molecule has 3 aliphatic heterocycles. The third-order valence-corrected chi connectivity index (χ3v) is 6.37. The number of para-hydroxylation sites is 2. The molecule has 0 amide bonds. The fourth-order valence-electron chi connectivity index (χ4n) is 5.13. The molecule has 2 saturated heterocycles. The highest BCUT2D eigenvalue weighted by Gasteiger charge is 2.39. The van der Waals surface area contributed by atoms with E-state index in [-0.39, 0.29) is 0 Å². The molecule has 4 heteroatoms. The van der Waals surface area contributed by atoms with E-state index in [0.717, 1.165) is 22.6 Å². The second-order valence-electron chi connectivity index (χ2n) is 8.13. The maximum atomic E-state index is 6.35. The van der Waals surface area contributed by atoms with Crippen LogP contribution in [-0.4, -0.2) is 23.1 Å². The van der Waals surface area contributed by atoms with Crippen molar-refractivity contribution in [2.75, 3.05) is 4.90 Å². The van der Waals surface area contributed by atoms with Crippen LogP contribution in [0.3, 0.4) is 0 Å². The first-order valence-corrected chi connectivity index (χ1v) is 10.2. The van der Waals surface area contributed by atoms with Gasteiger partial charge in [-0.2, -0.15) is 0 Å². The summed E-state index contributed by atoms with van der Waals surface area (Å²) in [6.45, 7) is 0. The van der Waals surface area contributed by atoms with Crippen LogP contribution in [0, 0.1) is 0 Å². The van der Waals surface area contributed by atoms with Crippen LogP contribution in [-0.2, 0) is 0 Å². The minimum atomic E-state index is 0.506. The van der Waals surface area contributed by atoms with E-state index < -0.39 is 0 Å². The number of hydrogen-bond donors (Lipinski definition) is 1. The molecule has 0 radical (unpaired) electrons. The van der Waals surface area contributed by atoms with E-state index in [9.17, 15) is 0 Å². The highest BCUT2D eigenvalue weighted by atomic mass is 16.5. The number of rotatable bonds is 2. The summed E-state index contributed by atoms with van der Waals surface area (Å²) in [5.41, 5.74) is 4.61. The van der Waals surface area contributed by atoms with E-state index in [4.69, 9.17) is 4.74 Å². The number of benzene rings is 2. The van der Waals surface area contributed by atoms with E-state index in [2.05, 4.69) is 63.7 Å². The number of nitrogens with one attached hydrogen (secondary N) is 1. The number of pyridine rings is 1. The van der Waals surface area contributed by atoms with Gasteiger partial charge < -0.3 is 15.0 Å². The lowest BCUT2D eigenvalue weighted by molar-refractivity contribution is 0.353. The highest BCUT2D eigenvalue weighted by Crippen LogP contribution is 2.50. The number of anilines is 2. The molecule has 3 aliphatic rings. The van der Waals surface area contributed by atoms with Gasteiger partial charge in [-0.3, -0.25) is 4.98 Å². The lowest BCUT2D eigenvalue weighted by atomic mass is 9.95. The van der Waals surface area contributed by atoms with Crippen molar-refractivity contribution in [1.29, 1.82) is 0 Å². The fraction of sp³-hybridized carbons (Fsp3) is 0.292. The number of piperidine rings is 1. The second-order valence-corrected chi connectivity index (χ2v) is 8.13. The van der Waals surface area contributed by atoms with E-state index in [0.29, 0.717) is 18.1 Å². The number of ether oxygens (including phenoxy) is 1. The molecule has 6 rings (SSSR count). The van der Waals surface area contributed by atoms with Gasteiger partial charge in [0.15, 0.2) is 11.5 Å². The summed E-state index contributed by atoms with van der Waals surface area (Å²) in [6, 6.07) is 20.9. The van der Waals surface area contributed by atoms with Crippen molar-refractivity contribution in [3.8, 4) is 22.6 Å². The standard InChI is InChI=1S/C24H23N3O/c1-2-6-23-21(5-1)27(20-13-18-8-9-19(14-20)26-18)22-10-7-16(12-24(22)28-23)17-4-3-11-25-15-17/h1-7,10-12,15,18-20,26H,8-9,13-14H2/t18-,19+,20+. The van der Waals surface area contributed by atoms with E-state index in [1.54, 1.807) is 0 Å². The Balaban J connectivity index is 1.45. The van der Waals surface area contributed by atoms with Crippen LogP contribution in [0.5, 0.6) is 11.5 Å². The molecule has 1 aromatic heterocycles. The van der Waals surface area contributed by atoms with Crippen molar-refractivity contribution in [2.45, 2.75) is 43.8 Å². The average Bonchev–Trinajstić information content (AvgIpc) is 3.09. The Morgan fingerprint density at radius 1 is 0.857 bits per heavy atom. The van der Waals surface area contributed by atoms with E-state index >= 15 is 0 Å². The van der Waals surface area contributed by atoms with Crippen molar-refractivity contribution >= 4 is 11.4 Å². The smallest absolute Gasteiger partial charge is 0.151 e. The van der Waals surface area contributed by atoms with Crippen LogP contribution in [0.15, 0.2) is 67.0 Å². The SMILES string of the molecule is c1cncc(-c2ccc3c(c2)Oc2ccccc2N3[C@H]2C[C@H]3CC[C@@H](C2)N3)c1. The predicted molar refractivity (Wildman–Crippen MR) is 111 cm³/mol. The molecule has 4 heterocycles. The molecule has 4 nitrogen and oxygen atoms in total. The van der Waals surface area contributed by atoms with Crippen LogP contribution in [0.2, 0.25) is 0 Å². The van der Waals surface area contributed by atoms with E-state index in [1.807, 2.05) is 18.5 Å². The van der Waals surface area contributed by atoms with Crippen molar-refractivity contribution in [3.63, 3.8) is 0 Å². The number of aromatic nitrogens is 1. The van der Waals surface area contributed by atoms with Gasteiger partial charge in [0.25, 0.3) is 0 Å². The molecular formula is C24H23N3O. The van der Waals surface area contributed by atoms with Gasteiger partial charge in [0, 0.05) is 36.1 Å². The molecular weight excluding hydrogens is 346 g/mol. The van der Waals surface area contributed by atoms with Gasteiger partial charge in [0.1, 0.15) is 0 Å². The molecule has 0 unspecified atom stereocenters. The number of hydrogen-bond acceptors (Lipinski definition) is 4. The fourth-order valence-corrected chi connectivity index (χ4v) is 5.13. The monoisotopic (exact) mass is 369 g/mol. The summed E-state index contributed by atoms with van der Waals surface area (Å²) in [5.74, 6) is 1.88. The Morgan fingerprint density at radius 3 is 2.50 bits per heavy atom. The lowest BCUT2D eigenvalue weighted by Gasteiger charge is -2.42. The molecule has 0 spiro atoms. The summed E-state index contributed by atoms with van der Waals surface area (Å²) in [7, 11) is 0. The molecule has 0 aliphatic carbocycles. The number of fused-ring (bicyclic) bond motifs is 4. The Morgan fingerprint density at radius 2 is 1.68 bits per heavy atom. The third kappa shape index (κ3) is 2.60. The first-order valence-electron chi connectivity index (χ1n) is 10.2. The topological polar surface area (TPSA) is 37.4 Å². The summed E-state index contributed by atoms with van der Waals surface area (Å²) >= 11 is 0. The molecule has 140 valence electrons. The maximum absolute atomic E-state index is 6.35. The number of nitrogens with zero attached hydrogens (tertiary/aromatic N) is 2. The maximum Gasteiger partial charge on any atom is 0.151 e. The molecule has 2 fully saturated rings. The Hall–Kier alpha value is -2.85. The van der Waals surface area contributed by atoms with Gasteiger partial charge in [0.2, 0.25) is 0 Å². The van der Waals surface area contributed by atoms with Gasteiger partial charge >= 0.3 is 0 Å². The van der Waals surface area contributed by atoms with Crippen molar-refractivity contribution < 1.29 is 4.74 Å². The normalized spacial score (nSPS) is 25.0. The average molecular weight is 369 g/mol. The summed E-state index contributed by atoms with van der Waals surface area (Å²) in [4.78, 5) is 6.80. The Bertz CT molecular complexity index is 1010. The molecule has 28 heavy (non-hydrogen) atoms. The summed E-state index contributed by atoms with van der Waals surface area (Å²) in [6.07, 6.45) is 8.70. The van der Waals surface area contributed by atoms with Crippen molar-refractivity contribution in [3.05, 3.63) is 67.0 Å². The van der Waals surface area contributed by atoms with Crippen molar-refractivity contribution in [2.24, 2.45) is 0 Å². The zero-order valence-electron chi connectivity index (χ0n) is 15.7. The molecule has 2 aromatic carbocycles. The highest BCUT2D eigenvalue weighted by molar-refractivity contribution is 5.81. The summed E-state index contributed by atoms with van der Waals surface area (Å²) in [5, 5.41) is 3.77. The Kier molecular flexibility index (Phi) is 3.66. The zero-order chi connectivity index (χ0) is 18.5. The van der Waals surface area contributed by atoms with Gasteiger partial charge in [-0.25, -0.2) is 0 Å². The van der Waals surface area contributed by atoms with Crippen LogP contribution in [0.4, 0.5) is 11.4 Å². The minimum Gasteiger partial charge on any atom is -0.453 e. The van der Waals surface area contributed by atoms with Crippen molar-refractivity contribution in [1.82, 2.24) is 10.3 Å². The third-order valence-electron chi connectivity index (χ3n) is 6.37. The summed E-state index contributed by atoms with van der Waals surface area (Å²) < 4.78 is 6.35. The predicted octanol–water partition coefficient (Wildman–Crippen LogP) is 5.28. The van der Waals surface area contributed by atoms with Gasteiger partial charge in [-0.1, -0.05) is 24.3 Å². The molecule has 1 N–H and O–H groups in total. The first kappa shape index (κ1) is 16.1.